The molecule has 0 radical (unpaired) electrons. The molecule has 23 heavy (non-hydrogen) atoms. The van der Waals surface area contributed by atoms with Crippen molar-refractivity contribution in [2.24, 2.45) is 5.41 Å². The number of hydrogen-bond donors (Lipinski definition) is 2. The van der Waals surface area contributed by atoms with Crippen LogP contribution >= 0.6 is 0 Å². The minimum absolute atomic E-state index is 0.0669. The summed E-state index contributed by atoms with van der Waals surface area (Å²) in [4.78, 5) is 35.4. The van der Waals surface area contributed by atoms with Crippen LogP contribution in [0.3, 0.4) is 0 Å². The molecule has 1 aliphatic rings. The summed E-state index contributed by atoms with van der Waals surface area (Å²) in [6.07, 6.45) is 0.378. The zero-order chi connectivity index (χ0) is 17.4. The van der Waals surface area contributed by atoms with Gasteiger partial charge in [0, 0.05) is 24.7 Å². The monoisotopic (exact) mass is 321 g/mol. The van der Waals surface area contributed by atoms with Gasteiger partial charge in [-0.25, -0.2) is 4.79 Å². The molecule has 2 N–H and O–H groups in total. The average Bonchev–Trinajstić information content (AvgIpc) is 2.85. The van der Waals surface area contributed by atoms with Gasteiger partial charge < -0.3 is 15.3 Å². The van der Waals surface area contributed by atoms with Crippen molar-refractivity contribution in [1.82, 2.24) is 4.90 Å². The van der Waals surface area contributed by atoms with Gasteiger partial charge in [0.2, 0.25) is 0 Å². The first-order valence-electron chi connectivity index (χ1n) is 7.19. The fourth-order valence-electron chi connectivity index (χ4n) is 2.68. The minimum atomic E-state index is -0.953. The lowest BCUT2D eigenvalue weighted by Gasteiger charge is -2.21. The molecule has 8 nitrogen and oxygen atoms in total. The van der Waals surface area contributed by atoms with E-state index in [0.717, 1.165) is 0 Å². The van der Waals surface area contributed by atoms with Gasteiger partial charge in [-0.05, 0) is 38.8 Å². The van der Waals surface area contributed by atoms with Crippen molar-refractivity contribution in [3.05, 3.63) is 33.4 Å². The predicted octanol–water partition coefficient (Wildman–Crippen LogP) is 2.54. The summed E-state index contributed by atoms with van der Waals surface area (Å²) >= 11 is 0. The molecule has 0 aromatic heterocycles. The van der Waals surface area contributed by atoms with Crippen molar-refractivity contribution < 1.29 is 19.6 Å². The maximum atomic E-state index is 12.3. The molecule has 1 fully saturated rings. The number of aliphatic carboxylic acids is 1. The lowest BCUT2D eigenvalue weighted by Crippen LogP contribution is -2.37. The lowest BCUT2D eigenvalue weighted by atomic mass is 9.90. The number of likely N-dealkylation sites (tertiary alicyclic amines) is 1. The SMILES string of the molecule is Cc1cc(C)c([N+](=O)[O-])cc1NC(=O)N1CCC(C)(C(=O)O)C1. The van der Waals surface area contributed by atoms with Crippen LogP contribution in [-0.4, -0.2) is 40.0 Å². The molecule has 1 unspecified atom stereocenters. The van der Waals surface area contributed by atoms with Gasteiger partial charge in [0.25, 0.3) is 5.69 Å². The van der Waals surface area contributed by atoms with Crippen molar-refractivity contribution in [2.75, 3.05) is 18.4 Å². The molecule has 1 aliphatic heterocycles. The first-order chi connectivity index (χ1) is 10.6. The van der Waals surface area contributed by atoms with E-state index in [-0.39, 0.29) is 12.2 Å². The van der Waals surface area contributed by atoms with Gasteiger partial charge >= 0.3 is 12.0 Å². The van der Waals surface area contributed by atoms with Crippen LogP contribution in [0.25, 0.3) is 0 Å². The third-order valence-corrected chi connectivity index (χ3v) is 4.26. The number of hydrogen-bond acceptors (Lipinski definition) is 4. The first kappa shape index (κ1) is 16.7. The van der Waals surface area contributed by atoms with E-state index in [1.807, 2.05) is 0 Å². The number of rotatable bonds is 3. The maximum absolute atomic E-state index is 12.3. The summed E-state index contributed by atoms with van der Waals surface area (Å²) in [5, 5.41) is 22.8. The largest absolute Gasteiger partial charge is 0.481 e. The first-order valence-corrected chi connectivity index (χ1v) is 7.19. The van der Waals surface area contributed by atoms with Gasteiger partial charge in [0.05, 0.1) is 16.0 Å². The second-order valence-corrected chi connectivity index (χ2v) is 6.18. The van der Waals surface area contributed by atoms with E-state index in [2.05, 4.69) is 5.32 Å². The highest BCUT2D eigenvalue weighted by Gasteiger charge is 2.42. The maximum Gasteiger partial charge on any atom is 0.321 e. The number of urea groups is 1. The van der Waals surface area contributed by atoms with Crippen molar-refractivity contribution in [3.63, 3.8) is 0 Å². The van der Waals surface area contributed by atoms with E-state index in [1.54, 1.807) is 26.8 Å². The van der Waals surface area contributed by atoms with Crippen LogP contribution < -0.4 is 5.32 Å². The summed E-state index contributed by atoms with van der Waals surface area (Å²) in [5.41, 5.74) is 0.566. The number of carboxylic acid groups (broad SMARTS) is 1. The molecule has 124 valence electrons. The topological polar surface area (TPSA) is 113 Å². The quantitative estimate of drug-likeness (QED) is 0.656. The van der Waals surface area contributed by atoms with E-state index in [1.165, 1.54) is 11.0 Å². The number of carbonyl (C=O) groups excluding carboxylic acids is 1. The van der Waals surface area contributed by atoms with Gasteiger partial charge in [-0.3, -0.25) is 14.9 Å². The molecule has 0 spiro atoms. The summed E-state index contributed by atoms with van der Waals surface area (Å²) < 4.78 is 0. The molecule has 2 amide bonds. The number of anilines is 1. The number of nitro groups is 1. The van der Waals surface area contributed by atoms with E-state index in [9.17, 15) is 24.8 Å². The Bertz CT molecular complexity index is 688. The molecular weight excluding hydrogens is 302 g/mol. The smallest absolute Gasteiger partial charge is 0.321 e. The molecule has 1 atom stereocenters. The second kappa shape index (κ2) is 5.86. The third kappa shape index (κ3) is 3.25. The van der Waals surface area contributed by atoms with Crippen molar-refractivity contribution in [2.45, 2.75) is 27.2 Å². The van der Waals surface area contributed by atoms with Crippen LogP contribution in [0.5, 0.6) is 0 Å². The van der Waals surface area contributed by atoms with Crippen molar-refractivity contribution in [1.29, 1.82) is 0 Å². The number of nitrogens with one attached hydrogen (secondary N) is 1. The third-order valence-electron chi connectivity index (χ3n) is 4.26. The van der Waals surface area contributed by atoms with Crippen molar-refractivity contribution in [3.8, 4) is 0 Å². The average molecular weight is 321 g/mol. The van der Waals surface area contributed by atoms with E-state index in [4.69, 9.17) is 0 Å². The normalized spacial score (nSPS) is 20.4. The molecule has 1 aromatic carbocycles. The van der Waals surface area contributed by atoms with Gasteiger partial charge in [-0.1, -0.05) is 0 Å². The highest BCUT2D eigenvalue weighted by molar-refractivity contribution is 5.91. The Kier molecular flexibility index (Phi) is 4.26. The van der Waals surface area contributed by atoms with Crippen LogP contribution in [0.1, 0.15) is 24.5 Å². The van der Waals surface area contributed by atoms with Gasteiger partial charge in [0.15, 0.2) is 0 Å². The zero-order valence-electron chi connectivity index (χ0n) is 13.3. The Balaban J connectivity index is 2.17. The van der Waals surface area contributed by atoms with Crippen LogP contribution in [0.2, 0.25) is 0 Å². The molecule has 1 heterocycles. The Hall–Kier alpha value is -2.64. The van der Waals surface area contributed by atoms with Crippen LogP contribution in [-0.2, 0) is 4.79 Å². The molecule has 8 heteroatoms. The molecular formula is C15H19N3O5. The Morgan fingerprint density at radius 3 is 2.52 bits per heavy atom. The van der Waals surface area contributed by atoms with E-state index in [0.29, 0.717) is 29.8 Å². The summed E-state index contributed by atoms with van der Waals surface area (Å²) in [7, 11) is 0. The zero-order valence-corrected chi connectivity index (χ0v) is 13.3. The molecule has 1 aromatic rings. The molecule has 0 bridgehead atoms. The van der Waals surface area contributed by atoms with E-state index < -0.39 is 22.3 Å². The number of amides is 2. The van der Waals surface area contributed by atoms with E-state index >= 15 is 0 Å². The molecule has 0 aliphatic carbocycles. The molecule has 0 saturated carbocycles. The number of benzene rings is 1. The lowest BCUT2D eigenvalue weighted by molar-refractivity contribution is -0.385. The van der Waals surface area contributed by atoms with Crippen LogP contribution in [0.4, 0.5) is 16.2 Å². The fourth-order valence-corrected chi connectivity index (χ4v) is 2.68. The number of aryl methyl sites for hydroxylation is 2. The Labute approximate surface area is 133 Å². The highest BCUT2D eigenvalue weighted by atomic mass is 16.6. The second-order valence-electron chi connectivity index (χ2n) is 6.18. The number of carboxylic acids is 1. The summed E-state index contributed by atoms with van der Waals surface area (Å²) in [6.45, 7) is 5.43. The van der Waals surface area contributed by atoms with Gasteiger partial charge in [-0.2, -0.15) is 0 Å². The summed E-state index contributed by atoms with van der Waals surface area (Å²) in [6, 6.07) is 2.52. The number of nitro benzene ring substituents is 1. The van der Waals surface area contributed by atoms with Crippen LogP contribution in [0, 0.1) is 29.4 Å². The Morgan fingerprint density at radius 1 is 1.35 bits per heavy atom. The number of nitrogens with zero attached hydrogens (tertiary/aromatic N) is 2. The molecule has 1 saturated heterocycles. The molecule has 2 rings (SSSR count). The fraction of sp³-hybridized carbons (Fsp3) is 0.467. The highest BCUT2D eigenvalue weighted by Crippen LogP contribution is 2.31. The number of carbonyl (C=O) groups is 2. The Morgan fingerprint density at radius 2 is 2.00 bits per heavy atom. The summed E-state index contributed by atoms with van der Waals surface area (Å²) in [5.74, 6) is -0.935. The van der Waals surface area contributed by atoms with Gasteiger partial charge in [0.1, 0.15) is 0 Å². The minimum Gasteiger partial charge on any atom is -0.481 e. The van der Waals surface area contributed by atoms with Crippen molar-refractivity contribution >= 4 is 23.4 Å². The standard InChI is InChI=1S/C15H19N3O5/c1-9-6-10(2)12(18(22)23)7-11(9)16-14(21)17-5-4-15(3,8-17)13(19)20/h6-7H,4-5,8H2,1-3H3,(H,16,21)(H,19,20). The predicted molar refractivity (Wildman–Crippen MR) is 83.5 cm³/mol. The van der Waals surface area contributed by atoms with Gasteiger partial charge in [-0.15, -0.1) is 0 Å². The van der Waals surface area contributed by atoms with Crippen LogP contribution in [0.15, 0.2) is 12.1 Å².